The zero-order chi connectivity index (χ0) is 15.9. The fourth-order valence-electron chi connectivity index (χ4n) is 2.50. The molecule has 1 heterocycles. The summed E-state index contributed by atoms with van der Waals surface area (Å²) in [6, 6.07) is 5.91. The number of aryl methyl sites for hydroxylation is 1. The molecule has 1 aliphatic heterocycles. The van der Waals surface area contributed by atoms with Gasteiger partial charge < -0.3 is 19.9 Å². The molecule has 1 aromatic rings. The van der Waals surface area contributed by atoms with Gasteiger partial charge in [-0.3, -0.25) is 9.59 Å². The van der Waals surface area contributed by atoms with Gasteiger partial charge in [-0.15, -0.1) is 0 Å². The molecule has 22 heavy (non-hydrogen) atoms. The normalized spacial score (nSPS) is 14.6. The first-order valence-electron chi connectivity index (χ1n) is 7.49. The van der Waals surface area contributed by atoms with Gasteiger partial charge in [0.2, 0.25) is 12.3 Å². The maximum atomic E-state index is 12.2. The quantitative estimate of drug-likeness (QED) is 0.800. The predicted molar refractivity (Wildman–Crippen MR) is 85.1 cm³/mol. The number of ether oxygens (including phenoxy) is 1. The summed E-state index contributed by atoms with van der Waals surface area (Å²) in [5.41, 5.74) is 2.04. The Hall–Kier alpha value is -2.24. The highest BCUT2D eigenvalue weighted by Crippen LogP contribution is 2.25. The molecule has 1 aromatic carbocycles. The molecule has 1 aliphatic rings. The number of anilines is 1. The van der Waals surface area contributed by atoms with Crippen LogP contribution in [0.4, 0.5) is 5.69 Å². The molecule has 2 amide bonds. The van der Waals surface area contributed by atoms with Crippen molar-refractivity contribution in [3.63, 3.8) is 0 Å². The highest BCUT2D eigenvalue weighted by molar-refractivity contribution is 5.77. The number of carbonyl (C=O) groups excluding carboxylic acids is 2. The number of nitrogens with zero attached hydrogens (tertiary/aromatic N) is 2. The van der Waals surface area contributed by atoms with Crippen molar-refractivity contribution in [1.82, 2.24) is 9.80 Å². The number of hydrogen-bond acceptors (Lipinski definition) is 4. The lowest BCUT2D eigenvalue weighted by Gasteiger charge is -2.32. The van der Waals surface area contributed by atoms with Crippen molar-refractivity contribution in [3.8, 4) is 5.75 Å². The molecule has 0 unspecified atom stereocenters. The summed E-state index contributed by atoms with van der Waals surface area (Å²) in [4.78, 5) is 26.3. The fourth-order valence-corrected chi connectivity index (χ4v) is 2.50. The second-order valence-electron chi connectivity index (χ2n) is 5.40. The minimum absolute atomic E-state index is 0.115. The van der Waals surface area contributed by atoms with Crippen molar-refractivity contribution in [3.05, 3.63) is 23.8 Å². The molecule has 2 rings (SSSR count). The van der Waals surface area contributed by atoms with E-state index in [1.54, 1.807) is 12.0 Å². The Kier molecular flexibility index (Phi) is 5.63. The number of methoxy groups -OCH3 is 1. The van der Waals surface area contributed by atoms with Gasteiger partial charge in [-0.1, -0.05) is 6.07 Å². The first-order valence-corrected chi connectivity index (χ1v) is 7.49. The lowest BCUT2D eigenvalue weighted by Crippen LogP contribution is -2.48. The van der Waals surface area contributed by atoms with Crippen molar-refractivity contribution >= 4 is 18.0 Å². The van der Waals surface area contributed by atoms with Gasteiger partial charge in [-0.05, 0) is 24.6 Å². The lowest BCUT2D eigenvalue weighted by atomic mass is 10.2. The summed E-state index contributed by atoms with van der Waals surface area (Å²) in [7, 11) is 1.63. The van der Waals surface area contributed by atoms with Gasteiger partial charge in [0.15, 0.2) is 0 Å². The zero-order valence-electron chi connectivity index (χ0n) is 13.2. The van der Waals surface area contributed by atoms with Crippen LogP contribution in [0.15, 0.2) is 18.2 Å². The number of carbonyl (C=O) groups is 2. The molecule has 0 bridgehead atoms. The smallest absolute Gasteiger partial charge is 0.224 e. The molecule has 1 fully saturated rings. The number of benzene rings is 1. The Bertz CT molecular complexity index is 525. The zero-order valence-corrected chi connectivity index (χ0v) is 13.2. The standard InChI is InChI=1S/C16H23N3O3/c1-13-3-4-15(22-2)14(11-13)17-6-5-16(21)19-9-7-18(12-20)8-10-19/h3-4,11-12,17H,5-10H2,1-2H3. The Morgan fingerprint density at radius 1 is 1.32 bits per heavy atom. The third-order valence-corrected chi connectivity index (χ3v) is 3.83. The van der Waals surface area contributed by atoms with Gasteiger partial charge in [0.25, 0.3) is 0 Å². The van der Waals surface area contributed by atoms with Crippen LogP contribution < -0.4 is 10.1 Å². The van der Waals surface area contributed by atoms with Crippen LogP contribution in [0.5, 0.6) is 5.75 Å². The molecule has 0 aliphatic carbocycles. The highest BCUT2D eigenvalue weighted by Gasteiger charge is 2.19. The SMILES string of the molecule is COc1ccc(C)cc1NCCC(=O)N1CCN(C=O)CC1. The van der Waals surface area contributed by atoms with E-state index in [0.717, 1.165) is 23.4 Å². The van der Waals surface area contributed by atoms with Crippen LogP contribution in [0.2, 0.25) is 0 Å². The Labute approximate surface area is 131 Å². The van der Waals surface area contributed by atoms with Gasteiger partial charge >= 0.3 is 0 Å². The molecule has 6 heteroatoms. The van der Waals surface area contributed by atoms with E-state index in [-0.39, 0.29) is 5.91 Å². The van der Waals surface area contributed by atoms with Gasteiger partial charge in [0, 0.05) is 39.1 Å². The molecule has 0 saturated carbocycles. The summed E-state index contributed by atoms with van der Waals surface area (Å²) < 4.78 is 5.30. The van der Waals surface area contributed by atoms with Crippen LogP contribution in [0.25, 0.3) is 0 Å². The maximum Gasteiger partial charge on any atom is 0.224 e. The van der Waals surface area contributed by atoms with E-state index in [9.17, 15) is 9.59 Å². The van der Waals surface area contributed by atoms with E-state index >= 15 is 0 Å². The van der Waals surface area contributed by atoms with Crippen LogP contribution in [-0.4, -0.2) is 62.0 Å². The molecule has 0 spiro atoms. The second kappa shape index (κ2) is 7.68. The first kappa shape index (κ1) is 16.1. The lowest BCUT2D eigenvalue weighted by molar-refractivity contribution is -0.134. The van der Waals surface area contributed by atoms with Crippen LogP contribution in [0, 0.1) is 6.92 Å². The number of rotatable bonds is 6. The summed E-state index contributed by atoms with van der Waals surface area (Å²) in [5.74, 6) is 0.891. The molecule has 0 atom stereocenters. The van der Waals surface area contributed by atoms with Crippen molar-refractivity contribution < 1.29 is 14.3 Å². The first-order chi connectivity index (χ1) is 10.6. The number of amides is 2. The van der Waals surface area contributed by atoms with E-state index in [1.807, 2.05) is 30.0 Å². The molecule has 1 N–H and O–H groups in total. The summed E-state index contributed by atoms with van der Waals surface area (Å²) >= 11 is 0. The van der Waals surface area contributed by atoms with E-state index in [4.69, 9.17) is 4.74 Å². The maximum absolute atomic E-state index is 12.2. The average Bonchev–Trinajstić information content (AvgIpc) is 2.55. The summed E-state index contributed by atoms with van der Waals surface area (Å²) in [6.45, 7) is 5.05. The van der Waals surface area contributed by atoms with E-state index in [0.29, 0.717) is 39.1 Å². The van der Waals surface area contributed by atoms with Crippen LogP contribution in [0.1, 0.15) is 12.0 Å². The predicted octanol–water partition coefficient (Wildman–Crippen LogP) is 1.11. The second-order valence-corrected chi connectivity index (χ2v) is 5.40. The van der Waals surface area contributed by atoms with E-state index < -0.39 is 0 Å². The number of nitrogens with one attached hydrogen (secondary N) is 1. The van der Waals surface area contributed by atoms with Gasteiger partial charge in [0.1, 0.15) is 5.75 Å². The van der Waals surface area contributed by atoms with Gasteiger partial charge in [-0.25, -0.2) is 0 Å². The Balaban J connectivity index is 1.80. The molecule has 120 valence electrons. The van der Waals surface area contributed by atoms with Crippen molar-refractivity contribution in [2.24, 2.45) is 0 Å². The minimum Gasteiger partial charge on any atom is -0.495 e. The third-order valence-electron chi connectivity index (χ3n) is 3.83. The molecular formula is C16H23N3O3. The molecule has 6 nitrogen and oxygen atoms in total. The van der Waals surface area contributed by atoms with Crippen LogP contribution in [0.3, 0.4) is 0 Å². The summed E-state index contributed by atoms with van der Waals surface area (Å²) in [5, 5.41) is 3.26. The Morgan fingerprint density at radius 3 is 2.68 bits per heavy atom. The molecular weight excluding hydrogens is 282 g/mol. The Morgan fingerprint density at radius 2 is 2.05 bits per heavy atom. The topological polar surface area (TPSA) is 61.9 Å². The van der Waals surface area contributed by atoms with E-state index in [1.165, 1.54) is 0 Å². The van der Waals surface area contributed by atoms with Crippen molar-refractivity contribution in [2.75, 3.05) is 45.2 Å². The number of hydrogen-bond donors (Lipinski definition) is 1. The fraction of sp³-hybridized carbons (Fsp3) is 0.500. The largest absolute Gasteiger partial charge is 0.495 e. The van der Waals surface area contributed by atoms with Gasteiger partial charge in [-0.2, -0.15) is 0 Å². The molecule has 1 saturated heterocycles. The number of piperazine rings is 1. The highest BCUT2D eigenvalue weighted by atomic mass is 16.5. The molecule has 0 aromatic heterocycles. The molecule has 0 radical (unpaired) electrons. The van der Waals surface area contributed by atoms with Crippen LogP contribution in [-0.2, 0) is 9.59 Å². The van der Waals surface area contributed by atoms with Crippen molar-refractivity contribution in [1.29, 1.82) is 0 Å². The van der Waals surface area contributed by atoms with Gasteiger partial charge in [0.05, 0.1) is 12.8 Å². The summed E-state index contributed by atoms with van der Waals surface area (Å²) in [6.07, 6.45) is 1.27. The minimum atomic E-state index is 0.115. The third kappa shape index (κ3) is 4.13. The monoisotopic (exact) mass is 305 g/mol. The van der Waals surface area contributed by atoms with E-state index in [2.05, 4.69) is 5.32 Å². The van der Waals surface area contributed by atoms with Crippen molar-refractivity contribution in [2.45, 2.75) is 13.3 Å². The average molecular weight is 305 g/mol. The van der Waals surface area contributed by atoms with Crippen LogP contribution >= 0.6 is 0 Å².